The first-order valence-corrected chi connectivity index (χ1v) is 13.7. The van der Waals surface area contributed by atoms with Crippen molar-refractivity contribution >= 4 is 33.4 Å². The average Bonchev–Trinajstić information content (AvgIpc) is 2.86. The lowest BCUT2D eigenvalue weighted by molar-refractivity contribution is -0.141. The SMILES string of the molecule is CN(CC(=O)N(Cc1ccccc1)[C@H](Cc1ccccc1)C(=O)NCc1ccccc1Cl)S(C)(=O)=O. The first kappa shape index (κ1) is 27.4. The van der Waals surface area contributed by atoms with Crippen molar-refractivity contribution in [3.8, 4) is 0 Å². The minimum atomic E-state index is -3.59. The van der Waals surface area contributed by atoms with Crippen LogP contribution in [0.1, 0.15) is 16.7 Å². The van der Waals surface area contributed by atoms with E-state index in [-0.39, 0.29) is 32.0 Å². The smallest absolute Gasteiger partial charge is 0.243 e. The molecular formula is C27H30ClN3O4S. The molecule has 0 spiro atoms. The molecule has 0 saturated carbocycles. The number of rotatable bonds is 11. The van der Waals surface area contributed by atoms with Crippen LogP contribution in [0.15, 0.2) is 84.9 Å². The molecule has 0 fully saturated rings. The number of carbonyl (C=O) groups excluding carboxylic acids is 2. The summed E-state index contributed by atoms with van der Waals surface area (Å²) in [5, 5.41) is 3.45. The van der Waals surface area contributed by atoms with Crippen LogP contribution < -0.4 is 5.32 Å². The number of nitrogens with one attached hydrogen (secondary N) is 1. The van der Waals surface area contributed by atoms with Crippen molar-refractivity contribution in [1.82, 2.24) is 14.5 Å². The van der Waals surface area contributed by atoms with Crippen molar-refractivity contribution in [2.75, 3.05) is 19.8 Å². The zero-order valence-electron chi connectivity index (χ0n) is 20.3. The summed E-state index contributed by atoms with van der Waals surface area (Å²) in [5.41, 5.74) is 2.45. The standard InChI is InChI=1S/C27H30ClN3O4S/c1-30(36(2,34)35)20-26(32)31(19-22-13-7-4-8-14-22)25(17-21-11-5-3-6-12-21)27(33)29-18-23-15-9-10-16-24(23)28/h3-16,25H,17-20H2,1-2H3,(H,29,33)/t25-/m1/s1. The van der Waals surface area contributed by atoms with E-state index in [0.29, 0.717) is 5.02 Å². The maximum atomic E-state index is 13.6. The van der Waals surface area contributed by atoms with E-state index < -0.39 is 22.0 Å². The van der Waals surface area contributed by atoms with Crippen LogP contribution in [-0.4, -0.2) is 55.3 Å². The summed E-state index contributed by atoms with van der Waals surface area (Å²) in [7, 11) is -2.24. The number of hydrogen-bond donors (Lipinski definition) is 1. The van der Waals surface area contributed by atoms with Gasteiger partial charge in [0.1, 0.15) is 6.04 Å². The molecule has 7 nitrogen and oxygen atoms in total. The molecule has 1 atom stereocenters. The topological polar surface area (TPSA) is 86.8 Å². The molecule has 9 heteroatoms. The third-order valence-corrected chi connectivity index (χ3v) is 7.43. The Balaban J connectivity index is 1.94. The van der Waals surface area contributed by atoms with Crippen LogP contribution in [-0.2, 0) is 39.1 Å². The van der Waals surface area contributed by atoms with Gasteiger partial charge in [-0.3, -0.25) is 9.59 Å². The van der Waals surface area contributed by atoms with Crippen LogP contribution >= 0.6 is 11.6 Å². The van der Waals surface area contributed by atoms with Crippen molar-refractivity contribution in [1.29, 1.82) is 0 Å². The predicted octanol–water partition coefficient (Wildman–Crippen LogP) is 3.49. The van der Waals surface area contributed by atoms with Gasteiger partial charge in [0.05, 0.1) is 12.8 Å². The van der Waals surface area contributed by atoms with Gasteiger partial charge < -0.3 is 10.2 Å². The summed E-state index contributed by atoms with van der Waals surface area (Å²) in [6.45, 7) is -0.0382. The second-order valence-corrected chi connectivity index (χ2v) is 11.0. The Morgan fingerprint density at radius 2 is 1.44 bits per heavy atom. The largest absolute Gasteiger partial charge is 0.350 e. The van der Waals surface area contributed by atoms with E-state index >= 15 is 0 Å². The van der Waals surface area contributed by atoms with Crippen LogP contribution in [0.5, 0.6) is 0 Å². The van der Waals surface area contributed by atoms with Gasteiger partial charge in [0, 0.05) is 31.6 Å². The average molecular weight is 528 g/mol. The van der Waals surface area contributed by atoms with Crippen LogP contribution in [0.25, 0.3) is 0 Å². The van der Waals surface area contributed by atoms with E-state index in [2.05, 4.69) is 5.32 Å². The molecule has 0 radical (unpaired) electrons. The Kier molecular flexibility index (Phi) is 9.64. The summed E-state index contributed by atoms with van der Waals surface area (Å²) in [5.74, 6) is -0.828. The highest BCUT2D eigenvalue weighted by Gasteiger charge is 2.31. The highest BCUT2D eigenvalue weighted by Crippen LogP contribution is 2.17. The molecule has 0 unspecified atom stereocenters. The third-order valence-electron chi connectivity index (χ3n) is 5.80. The second kappa shape index (κ2) is 12.7. The van der Waals surface area contributed by atoms with Gasteiger partial charge in [-0.1, -0.05) is 90.5 Å². The molecule has 0 heterocycles. The van der Waals surface area contributed by atoms with Crippen molar-refractivity contribution in [3.05, 3.63) is 107 Å². The Bertz CT molecular complexity index is 1270. The molecule has 1 N–H and O–H groups in total. The van der Waals surface area contributed by atoms with E-state index in [9.17, 15) is 18.0 Å². The van der Waals surface area contributed by atoms with Crippen LogP contribution in [0, 0.1) is 0 Å². The molecule has 0 aliphatic rings. The first-order valence-electron chi connectivity index (χ1n) is 11.4. The summed E-state index contributed by atoms with van der Waals surface area (Å²) < 4.78 is 25.0. The number of amides is 2. The van der Waals surface area contributed by atoms with Crippen molar-refractivity contribution in [2.24, 2.45) is 0 Å². The first-order chi connectivity index (χ1) is 17.1. The maximum Gasteiger partial charge on any atom is 0.243 e. The molecule has 0 aromatic heterocycles. The minimum Gasteiger partial charge on any atom is -0.350 e. The summed E-state index contributed by atoms with van der Waals surface area (Å²) in [6, 6.07) is 25.0. The zero-order valence-corrected chi connectivity index (χ0v) is 21.9. The van der Waals surface area contributed by atoms with Gasteiger partial charge in [-0.2, -0.15) is 4.31 Å². The molecule has 36 heavy (non-hydrogen) atoms. The Labute approximate surface area is 217 Å². The Morgan fingerprint density at radius 1 is 0.889 bits per heavy atom. The highest BCUT2D eigenvalue weighted by molar-refractivity contribution is 7.88. The fourth-order valence-electron chi connectivity index (χ4n) is 3.67. The fourth-order valence-corrected chi connectivity index (χ4v) is 4.22. The van der Waals surface area contributed by atoms with E-state index in [1.54, 1.807) is 6.07 Å². The van der Waals surface area contributed by atoms with Gasteiger partial charge in [-0.25, -0.2) is 8.42 Å². The van der Waals surface area contributed by atoms with Crippen LogP contribution in [0.2, 0.25) is 5.02 Å². The number of benzene rings is 3. The molecule has 0 bridgehead atoms. The third kappa shape index (κ3) is 7.91. The van der Waals surface area contributed by atoms with E-state index in [0.717, 1.165) is 27.3 Å². The van der Waals surface area contributed by atoms with Gasteiger partial charge in [0.25, 0.3) is 0 Å². The van der Waals surface area contributed by atoms with Gasteiger partial charge in [-0.15, -0.1) is 0 Å². The lowest BCUT2D eigenvalue weighted by atomic mass is 10.0. The van der Waals surface area contributed by atoms with Crippen molar-refractivity contribution in [2.45, 2.75) is 25.6 Å². The summed E-state index contributed by atoms with van der Waals surface area (Å²) in [4.78, 5) is 28.5. The number of nitrogens with zero attached hydrogens (tertiary/aromatic N) is 2. The maximum absolute atomic E-state index is 13.6. The van der Waals surface area contributed by atoms with Crippen LogP contribution in [0.3, 0.4) is 0 Å². The fraction of sp³-hybridized carbons (Fsp3) is 0.259. The number of likely N-dealkylation sites (N-methyl/N-ethyl adjacent to an activating group) is 1. The normalized spacial score (nSPS) is 12.2. The van der Waals surface area contributed by atoms with Crippen molar-refractivity contribution in [3.63, 3.8) is 0 Å². The lowest BCUT2D eigenvalue weighted by Crippen LogP contribution is -2.52. The predicted molar refractivity (Wildman–Crippen MR) is 142 cm³/mol. The zero-order chi connectivity index (χ0) is 26.1. The Morgan fingerprint density at radius 3 is 2.03 bits per heavy atom. The van der Waals surface area contributed by atoms with Gasteiger partial charge in [0.15, 0.2) is 0 Å². The highest BCUT2D eigenvalue weighted by atomic mass is 35.5. The van der Waals surface area contributed by atoms with Gasteiger partial charge in [-0.05, 0) is 22.8 Å². The quantitative estimate of drug-likeness (QED) is 0.413. The second-order valence-electron chi connectivity index (χ2n) is 8.54. The lowest BCUT2D eigenvalue weighted by Gasteiger charge is -2.32. The minimum absolute atomic E-state index is 0.147. The number of sulfonamides is 1. The Hall–Kier alpha value is -3.20. The van der Waals surface area contributed by atoms with Crippen LogP contribution in [0.4, 0.5) is 0 Å². The molecule has 190 valence electrons. The number of hydrogen-bond acceptors (Lipinski definition) is 4. The molecule has 2 amide bonds. The molecule has 0 aliphatic heterocycles. The molecule has 3 aromatic carbocycles. The summed E-state index contributed by atoms with van der Waals surface area (Å²) >= 11 is 6.26. The van der Waals surface area contributed by atoms with Crippen molar-refractivity contribution < 1.29 is 18.0 Å². The van der Waals surface area contributed by atoms with Gasteiger partial charge >= 0.3 is 0 Å². The van der Waals surface area contributed by atoms with E-state index in [1.165, 1.54) is 11.9 Å². The van der Waals surface area contributed by atoms with E-state index in [1.807, 2.05) is 78.9 Å². The molecule has 3 aromatic rings. The monoisotopic (exact) mass is 527 g/mol. The molecule has 3 rings (SSSR count). The summed E-state index contributed by atoms with van der Waals surface area (Å²) in [6.07, 6.45) is 1.30. The van der Waals surface area contributed by atoms with E-state index in [4.69, 9.17) is 11.6 Å². The molecular weight excluding hydrogens is 498 g/mol. The number of carbonyl (C=O) groups is 2. The number of halogens is 1. The van der Waals surface area contributed by atoms with Gasteiger partial charge in [0.2, 0.25) is 21.8 Å². The molecule has 0 aliphatic carbocycles. The molecule has 0 saturated heterocycles.